The largest absolute Gasteiger partial charge is 0.504 e. The van der Waals surface area contributed by atoms with E-state index in [2.05, 4.69) is 10.5 Å². The average Bonchev–Trinajstić information content (AvgIpc) is 3.26. The van der Waals surface area contributed by atoms with Crippen LogP contribution in [0.4, 0.5) is 5.88 Å². The van der Waals surface area contributed by atoms with Crippen LogP contribution in [0.1, 0.15) is 47.1 Å². The molecule has 0 bridgehead atoms. The summed E-state index contributed by atoms with van der Waals surface area (Å²) in [5.41, 5.74) is 4.57. The molecule has 0 amide bonds. The molecule has 2 heterocycles. The highest BCUT2D eigenvalue weighted by Gasteiger charge is 2.42. The number of phenols is 1. The summed E-state index contributed by atoms with van der Waals surface area (Å²) in [6.07, 6.45) is 0.876. The van der Waals surface area contributed by atoms with Crippen molar-refractivity contribution in [2.24, 2.45) is 0 Å². The number of allylic oxidation sites excluding steroid dienone is 2. The number of ketones is 1. The standard InChI is InChI=1S/C27H28N2O7/c1-13-24-25(16-11-22(34-4)23(35-5)12-20(16)32-2)26-17(28-27(24)36-29-13)8-15(9-19(26)31)14-6-7-18(30)21(10-14)33-3/h6-7,10-12,15,25,28,30H,8-9H2,1-5H3/t15-,25+/m1/s1. The zero-order valence-electron chi connectivity index (χ0n) is 20.8. The van der Waals surface area contributed by atoms with Gasteiger partial charge in [-0.1, -0.05) is 11.2 Å². The molecular formula is C27H28N2O7. The summed E-state index contributed by atoms with van der Waals surface area (Å²) in [6.45, 7) is 1.86. The molecule has 0 unspecified atom stereocenters. The molecule has 1 aliphatic heterocycles. The number of Topliss-reactive ketones (excluding diaryl/α,β-unsaturated/α-hetero) is 1. The third kappa shape index (κ3) is 3.71. The van der Waals surface area contributed by atoms with Crippen LogP contribution in [0.3, 0.4) is 0 Å². The van der Waals surface area contributed by atoms with E-state index in [1.807, 2.05) is 19.1 Å². The van der Waals surface area contributed by atoms with Crippen LogP contribution < -0.4 is 24.3 Å². The number of nitrogens with zero attached hydrogens (tertiary/aromatic N) is 1. The van der Waals surface area contributed by atoms with Gasteiger partial charge < -0.3 is 33.9 Å². The SMILES string of the molecule is COc1cc([C@H]2CC(=O)C3=C(C2)Nc2onc(C)c2[C@@H]3c2cc(OC)c(OC)cc2OC)ccc1O. The lowest BCUT2D eigenvalue weighted by Crippen LogP contribution is -2.29. The fraction of sp³-hybridized carbons (Fsp3) is 0.333. The average molecular weight is 493 g/mol. The Balaban J connectivity index is 1.65. The predicted molar refractivity (Wildman–Crippen MR) is 131 cm³/mol. The van der Waals surface area contributed by atoms with Crippen molar-refractivity contribution in [1.82, 2.24) is 5.16 Å². The van der Waals surface area contributed by atoms with Gasteiger partial charge in [-0.25, -0.2) is 0 Å². The quantitative estimate of drug-likeness (QED) is 0.506. The van der Waals surface area contributed by atoms with Crippen molar-refractivity contribution < 1.29 is 33.4 Å². The van der Waals surface area contributed by atoms with Gasteiger partial charge >= 0.3 is 0 Å². The van der Waals surface area contributed by atoms with Crippen LogP contribution in [0.25, 0.3) is 0 Å². The molecule has 2 aliphatic rings. The van der Waals surface area contributed by atoms with Gasteiger partial charge in [0.05, 0.1) is 45.6 Å². The van der Waals surface area contributed by atoms with Gasteiger partial charge in [0.25, 0.3) is 0 Å². The van der Waals surface area contributed by atoms with Crippen LogP contribution in [0, 0.1) is 6.92 Å². The highest BCUT2D eigenvalue weighted by molar-refractivity contribution is 6.01. The Morgan fingerprint density at radius 1 is 0.944 bits per heavy atom. The van der Waals surface area contributed by atoms with Gasteiger partial charge in [-0.2, -0.15) is 0 Å². The number of rotatable bonds is 6. The number of nitrogens with one attached hydrogen (secondary N) is 1. The maximum Gasteiger partial charge on any atom is 0.233 e. The number of aryl methyl sites for hydroxylation is 1. The van der Waals surface area contributed by atoms with Crippen molar-refractivity contribution >= 4 is 11.7 Å². The molecule has 0 spiro atoms. The first kappa shape index (κ1) is 23.6. The number of ether oxygens (including phenoxy) is 4. The number of hydrogen-bond acceptors (Lipinski definition) is 9. The molecule has 188 valence electrons. The molecule has 0 saturated carbocycles. The summed E-state index contributed by atoms with van der Waals surface area (Å²) in [5.74, 6) is 2.01. The molecule has 5 rings (SSSR count). The smallest absolute Gasteiger partial charge is 0.233 e. The lowest BCUT2D eigenvalue weighted by atomic mass is 9.72. The molecule has 9 nitrogen and oxygen atoms in total. The molecule has 0 fully saturated rings. The van der Waals surface area contributed by atoms with Crippen LogP contribution in [0.2, 0.25) is 0 Å². The Bertz CT molecular complexity index is 1370. The molecule has 3 aromatic rings. The zero-order chi connectivity index (χ0) is 25.6. The van der Waals surface area contributed by atoms with Crippen LogP contribution in [0.5, 0.6) is 28.7 Å². The van der Waals surface area contributed by atoms with Crippen LogP contribution in [0.15, 0.2) is 46.1 Å². The van der Waals surface area contributed by atoms with E-state index >= 15 is 0 Å². The second-order valence-electron chi connectivity index (χ2n) is 8.87. The summed E-state index contributed by atoms with van der Waals surface area (Å²) >= 11 is 0. The Morgan fingerprint density at radius 3 is 2.33 bits per heavy atom. The van der Waals surface area contributed by atoms with Gasteiger partial charge in [0.2, 0.25) is 5.88 Å². The van der Waals surface area contributed by atoms with E-state index in [0.29, 0.717) is 53.0 Å². The number of aromatic nitrogens is 1. The zero-order valence-corrected chi connectivity index (χ0v) is 20.8. The summed E-state index contributed by atoms with van der Waals surface area (Å²) in [7, 11) is 6.22. The van der Waals surface area contributed by atoms with Gasteiger partial charge in [0.1, 0.15) is 5.75 Å². The lowest BCUT2D eigenvalue weighted by molar-refractivity contribution is -0.116. The van der Waals surface area contributed by atoms with Gasteiger partial charge in [-0.05, 0) is 43.0 Å². The number of benzene rings is 2. The predicted octanol–water partition coefficient (Wildman–Crippen LogP) is 4.68. The third-order valence-corrected chi connectivity index (χ3v) is 6.98. The van der Waals surface area contributed by atoms with Crippen molar-refractivity contribution in [1.29, 1.82) is 0 Å². The number of aromatic hydroxyl groups is 1. The number of fused-ring (bicyclic) bond motifs is 1. The minimum atomic E-state index is -0.458. The highest BCUT2D eigenvalue weighted by Crippen LogP contribution is 2.52. The number of phenolic OH excluding ortho intramolecular Hbond substituents is 1. The number of anilines is 1. The maximum atomic E-state index is 13.8. The van der Waals surface area contributed by atoms with Gasteiger partial charge in [0.15, 0.2) is 28.8 Å². The second kappa shape index (κ2) is 9.14. The van der Waals surface area contributed by atoms with Crippen molar-refractivity contribution in [2.75, 3.05) is 33.8 Å². The van der Waals surface area contributed by atoms with E-state index in [1.54, 1.807) is 39.5 Å². The fourth-order valence-corrected chi connectivity index (χ4v) is 5.25. The summed E-state index contributed by atoms with van der Waals surface area (Å²) < 4.78 is 27.7. The van der Waals surface area contributed by atoms with Gasteiger partial charge in [-0.15, -0.1) is 0 Å². The summed E-state index contributed by atoms with van der Waals surface area (Å²) in [4.78, 5) is 13.8. The first-order valence-electron chi connectivity index (χ1n) is 11.6. The van der Waals surface area contributed by atoms with Gasteiger partial charge in [-0.3, -0.25) is 4.79 Å². The minimum Gasteiger partial charge on any atom is -0.504 e. The van der Waals surface area contributed by atoms with E-state index in [9.17, 15) is 9.90 Å². The second-order valence-corrected chi connectivity index (χ2v) is 8.87. The Hall–Kier alpha value is -4.14. The van der Waals surface area contributed by atoms with E-state index < -0.39 is 5.92 Å². The normalized spacial score (nSPS) is 18.8. The summed E-state index contributed by atoms with van der Waals surface area (Å²) in [6, 6.07) is 8.80. The molecule has 1 aliphatic carbocycles. The van der Waals surface area contributed by atoms with Crippen molar-refractivity contribution in [3.63, 3.8) is 0 Å². The van der Waals surface area contributed by atoms with E-state index in [-0.39, 0.29) is 17.5 Å². The monoisotopic (exact) mass is 492 g/mol. The van der Waals surface area contributed by atoms with Crippen LogP contribution in [-0.2, 0) is 4.79 Å². The molecule has 9 heteroatoms. The minimum absolute atomic E-state index is 0.00822. The van der Waals surface area contributed by atoms with Crippen LogP contribution in [-0.4, -0.2) is 44.5 Å². The molecule has 0 saturated heterocycles. The number of carbonyl (C=O) groups is 1. The lowest BCUT2D eigenvalue weighted by Gasteiger charge is -2.35. The van der Waals surface area contributed by atoms with Crippen molar-refractivity contribution in [2.45, 2.75) is 31.6 Å². The molecule has 2 aromatic carbocycles. The molecular weight excluding hydrogens is 464 g/mol. The van der Waals surface area contributed by atoms with E-state index in [1.165, 1.54) is 7.11 Å². The molecule has 2 N–H and O–H groups in total. The molecule has 2 atom stereocenters. The van der Waals surface area contributed by atoms with Crippen molar-refractivity contribution in [3.05, 3.63) is 64.0 Å². The topological polar surface area (TPSA) is 112 Å². The van der Waals surface area contributed by atoms with Crippen molar-refractivity contribution in [3.8, 4) is 28.7 Å². The molecule has 36 heavy (non-hydrogen) atoms. The van der Waals surface area contributed by atoms with E-state index in [4.69, 9.17) is 23.5 Å². The summed E-state index contributed by atoms with van der Waals surface area (Å²) in [5, 5.41) is 17.5. The Morgan fingerprint density at radius 2 is 1.64 bits per heavy atom. The Kier molecular flexibility index (Phi) is 5.99. The van der Waals surface area contributed by atoms with Gasteiger partial charge in [0, 0.05) is 29.3 Å². The molecule has 0 radical (unpaired) electrons. The fourth-order valence-electron chi connectivity index (χ4n) is 5.25. The highest BCUT2D eigenvalue weighted by atomic mass is 16.5. The third-order valence-electron chi connectivity index (χ3n) is 6.98. The van der Waals surface area contributed by atoms with Crippen LogP contribution >= 0.6 is 0 Å². The first-order chi connectivity index (χ1) is 17.4. The molecule has 1 aromatic heterocycles. The van der Waals surface area contributed by atoms with E-state index in [0.717, 1.165) is 22.4 Å². The number of hydrogen-bond donors (Lipinski definition) is 2. The number of carbonyl (C=O) groups excluding carboxylic acids is 1. The Labute approximate surface area is 208 Å². The first-order valence-corrected chi connectivity index (χ1v) is 11.6. The maximum absolute atomic E-state index is 13.8. The number of methoxy groups -OCH3 is 4.